The fraction of sp³-hybridized carbons (Fsp3) is 0.409. The lowest BCUT2D eigenvalue weighted by Crippen LogP contribution is -2.53. The summed E-state index contributed by atoms with van der Waals surface area (Å²) in [5.41, 5.74) is 1.96. The SMILES string of the molecule is COc1ccc(S(=O)(=O)N[C@@H](C)C(=O)N2CCN(Cc3ccccc3)CC2)cc1C. The van der Waals surface area contributed by atoms with Gasteiger partial charge in [0, 0.05) is 32.7 Å². The lowest BCUT2D eigenvalue weighted by atomic mass is 10.2. The zero-order valence-corrected chi connectivity index (χ0v) is 18.5. The van der Waals surface area contributed by atoms with Crippen molar-refractivity contribution in [3.8, 4) is 5.75 Å². The Balaban J connectivity index is 1.56. The van der Waals surface area contributed by atoms with Gasteiger partial charge < -0.3 is 9.64 Å². The molecule has 1 heterocycles. The lowest BCUT2D eigenvalue weighted by Gasteiger charge is -2.36. The molecule has 3 rings (SSSR count). The molecule has 2 aromatic carbocycles. The third-order valence-electron chi connectivity index (χ3n) is 5.31. The zero-order chi connectivity index (χ0) is 21.7. The van der Waals surface area contributed by atoms with Gasteiger partial charge in [0.05, 0.1) is 18.0 Å². The molecule has 1 N–H and O–H groups in total. The van der Waals surface area contributed by atoms with Crippen LogP contribution in [0.1, 0.15) is 18.1 Å². The van der Waals surface area contributed by atoms with E-state index >= 15 is 0 Å². The molecule has 0 radical (unpaired) electrons. The van der Waals surface area contributed by atoms with Crippen molar-refractivity contribution in [2.75, 3.05) is 33.3 Å². The van der Waals surface area contributed by atoms with E-state index in [0.29, 0.717) is 24.4 Å². The van der Waals surface area contributed by atoms with Gasteiger partial charge in [-0.05, 0) is 43.2 Å². The molecule has 1 amide bonds. The number of nitrogens with zero attached hydrogens (tertiary/aromatic N) is 2. The predicted molar refractivity (Wildman–Crippen MR) is 116 cm³/mol. The molecule has 0 bridgehead atoms. The third-order valence-corrected chi connectivity index (χ3v) is 6.85. The number of piperazine rings is 1. The summed E-state index contributed by atoms with van der Waals surface area (Å²) in [6.07, 6.45) is 0. The number of hydrogen-bond acceptors (Lipinski definition) is 5. The first-order chi connectivity index (χ1) is 14.3. The lowest BCUT2D eigenvalue weighted by molar-refractivity contribution is -0.134. The molecule has 1 saturated heterocycles. The van der Waals surface area contributed by atoms with Gasteiger partial charge in [0.2, 0.25) is 15.9 Å². The monoisotopic (exact) mass is 431 g/mol. The van der Waals surface area contributed by atoms with Gasteiger partial charge in [-0.1, -0.05) is 30.3 Å². The Morgan fingerprint density at radius 1 is 1.10 bits per heavy atom. The van der Waals surface area contributed by atoms with Crippen LogP contribution < -0.4 is 9.46 Å². The van der Waals surface area contributed by atoms with Gasteiger partial charge in [-0.15, -0.1) is 0 Å². The van der Waals surface area contributed by atoms with Crippen molar-refractivity contribution in [2.24, 2.45) is 0 Å². The molecule has 8 heteroatoms. The maximum absolute atomic E-state index is 12.8. The van der Waals surface area contributed by atoms with E-state index in [9.17, 15) is 13.2 Å². The summed E-state index contributed by atoms with van der Waals surface area (Å²) in [6.45, 7) is 6.91. The van der Waals surface area contributed by atoms with E-state index in [1.807, 2.05) is 18.2 Å². The summed E-state index contributed by atoms with van der Waals surface area (Å²) in [5.74, 6) is 0.412. The molecule has 7 nitrogen and oxygen atoms in total. The van der Waals surface area contributed by atoms with Gasteiger partial charge in [-0.2, -0.15) is 4.72 Å². The molecule has 30 heavy (non-hydrogen) atoms. The van der Waals surface area contributed by atoms with E-state index in [1.165, 1.54) is 18.7 Å². The van der Waals surface area contributed by atoms with Crippen LogP contribution in [0.2, 0.25) is 0 Å². The maximum atomic E-state index is 12.8. The normalized spacial score (nSPS) is 16.3. The highest BCUT2D eigenvalue weighted by Crippen LogP contribution is 2.21. The smallest absolute Gasteiger partial charge is 0.241 e. The molecule has 0 saturated carbocycles. The summed E-state index contributed by atoms with van der Waals surface area (Å²) < 4.78 is 33.1. The molecule has 1 aliphatic rings. The first kappa shape index (κ1) is 22.3. The number of hydrogen-bond donors (Lipinski definition) is 1. The number of carbonyl (C=O) groups excluding carboxylic acids is 1. The van der Waals surface area contributed by atoms with Crippen molar-refractivity contribution in [2.45, 2.75) is 31.3 Å². The number of benzene rings is 2. The second-order valence-electron chi connectivity index (χ2n) is 7.56. The van der Waals surface area contributed by atoms with Crippen molar-refractivity contribution >= 4 is 15.9 Å². The minimum absolute atomic E-state index is 0.119. The number of aryl methyl sites for hydroxylation is 1. The molecule has 1 fully saturated rings. The van der Waals surface area contributed by atoms with Crippen LogP contribution in [-0.4, -0.2) is 63.5 Å². The average Bonchev–Trinajstić information content (AvgIpc) is 2.74. The highest BCUT2D eigenvalue weighted by Gasteiger charge is 2.28. The fourth-order valence-electron chi connectivity index (χ4n) is 3.61. The van der Waals surface area contributed by atoms with Crippen LogP contribution in [-0.2, 0) is 21.4 Å². The van der Waals surface area contributed by atoms with Gasteiger partial charge in [-0.3, -0.25) is 9.69 Å². The number of rotatable bonds is 7. The van der Waals surface area contributed by atoms with E-state index in [4.69, 9.17) is 4.74 Å². The Morgan fingerprint density at radius 2 is 1.77 bits per heavy atom. The predicted octanol–water partition coefficient (Wildman–Crippen LogP) is 2.01. The van der Waals surface area contributed by atoms with Crippen LogP contribution in [0.15, 0.2) is 53.4 Å². The van der Waals surface area contributed by atoms with Crippen molar-refractivity contribution in [1.29, 1.82) is 0 Å². The molecular formula is C22H29N3O4S. The van der Waals surface area contributed by atoms with E-state index in [-0.39, 0.29) is 10.8 Å². The number of methoxy groups -OCH3 is 1. The summed E-state index contributed by atoms with van der Waals surface area (Å²) in [5, 5.41) is 0. The fourth-order valence-corrected chi connectivity index (χ4v) is 4.89. The Morgan fingerprint density at radius 3 is 2.37 bits per heavy atom. The highest BCUT2D eigenvalue weighted by molar-refractivity contribution is 7.89. The zero-order valence-electron chi connectivity index (χ0n) is 17.7. The van der Waals surface area contributed by atoms with Gasteiger partial charge in [0.25, 0.3) is 0 Å². The van der Waals surface area contributed by atoms with E-state index in [0.717, 1.165) is 19.6 Å². The molecule has 1 atom stereocenters. The second kappa shape index (κ2) is 9.59. The average molecular weight is 432 g/mol. The summed E-state index contributed by atoms with van der Waals surface area (Å²) in [7, 11) is -2.27. The van der Waals surface area contributed by atoms with E-state index in [2.05, 4.69) is 21.8 Å². The highest BCUT2D eigenvalue weighted by atomic mass is 32.2. The van der Waals surface area contributed by atoms with Crippen LogP contribution in [0.25, 0.3) is 0 Å². The van der Waals surface area contributed by atoms with Crippen molar-refractivity contribution in [1.82, 2.24) is 14.5 Å². The number of nitrogens with one attached hydrogen (secondary N) is 1. The molecule has 1 aliphatic heterocycles. The number of amides is 1. The first-order valence-electron chi connectivity index (χ1n) is 10.0. The Labute approximate surface area is 178 Å². The van der Waals surface area contributed by atoms with Crippen molar-refractivity contribution in [3.05, 3.63) is 59.7 Å². The summed E-state index contributed by atoms with van der Waals surface area (Å²) in [6, 6.07) is 14.0. The molecule has 162 valence electrons. The molecule has 0 aliphatic carbocycles. The van der Waals surface area contributed by atoms with Crippen molar-refractivity contribution < 1.29 is 17.9 Å². The van der Waals surface area contributed by atoms with E-state index in [1.54, 1.807) is 30.9 Å². The van der Waals surface area contributed by atoms with Crippen LogP contribution in [0.4, 0.5) is 0 Å². The standard InChI is InChI=1S/C22H29N3O4S/c1-17-15-20(9-10-21(17)29-3)30(27,28)23-18(2)22(26)25-13-11-24(12-14-25)16-19-7-5-4-6-8-19/h4-10,15,18,23H,11-14,16H2,1-3H3/t18-/m0/s1. The molecule has 2 aromatic rings. The number of sulfonamides is 1. The molecule has 0 spiro atoms. The van der Waals surface area contributed by atoms with Gasteiger partial charge in [0.1, 0.15) is 5.75 Å². The Hall–Kier alpha value is -2.42. The molecule has 0 unspecified atom stereocenters. The van der Waals surface area contributed by atoms with Gasteiger partial charge in [0.15, 0.2) is 0 Å². The summed E-state index contributed by atoms with van der Waals surface area (Å²) in [4.78, 5) is 16.9. The summed E-state index contributed by atoms with van der Waals surface area (Å²) >= 11 is 0. The number of carbonyl (C=O) groups is 1. The van der Waals surface area contributed by atoms with Crippen molar-refractivity contribution in [3.63, 3.8) is 0 Å². The minimum Gasteiger partial charge on any atom is -0.496 e. The quantitative estimate of drug-likeness (QED) is 0.726. The first-order valence-corrected chi connectivity index (χ1v) is 11.5. The molecular weight excluding hydrogens is 402 g/mol. The van der Waals surface area contributed by atoms with Gasteiger partial charge in [-0.25, -0.2) is 8.42 Å². The number of ether oxygens (including phenoxy) is 1. The maximum Gasteiger partial charge on any atom is 0.241 e. The Kier molecular flexibility index (Phi) is 7.12. The van der Waals surface area contributed by atoms with E-state index < -0.39 is 16.1 Å². The third kappa shape index (κ3) is 5.38. The van der Waals surface area contributed by atoms with Gasteiger partial charge >= 0.3 is 0 Å². The second-order valence-corrected chi connectivity index (χ2v) is 9.28. The topological polar surface area (TPSA) is 78.9 Å². The largest absolute Gasteiger partial charge is 0.496 e. The van der Waals surface area contributed by atoms with Crippen LogP contribution in [0.5, 0.6) is 5.75 Å². The van der Waals surface area contributed by atoms with Crippen LogP contribution in [0, 0.1) is 6.92 Å². The van der Waals surface area contributed by atoms with Crippen LogP contribution >= 0.6 is 0 Å². The minimum atomic E-state index is -3.81. The van der Waals surface area contributed by atoms with Crippen LogP contribution in [0.3, 0.4) is 0 Å². The molecule has 0 aromatic heterocycles. The Bertz CT molecular complexity index is 971.